The molecule has 0 bridgehead atoms. The lowest BCUT2D eigenvalue weighted by molar-refractivity contribution is -0.146. The van der Waals surface area contributed by atoms with Crippen LogP contribution in [0.1, 0.15) is 50.7 Å². The Morgan fingerprint density at radius 2 is 1.50 bits per heavy atom. The van der Waals surface area contributed by atoms with Gasteiger partial charge in [-0.05, 0) is 42.7 Å². The molecule has 194 valence electrons. The summed E-state index contributed by atoms with van der Waals surface area (Å²) in [6.45, 7) is 7.90. The summed E-state index contributed by atoms with van der Waals surface area (Å²) in [6, 6.07) is 15.3. The van der Waals surface area contributed by atoms with E-state index in [1.54, 1.807) is 4.90 Å². The first-order valence-electron chi connectivity index (χ1n) is 12.9. The van der Waals surface area contributed by atoms with Gasteiger partial charge in [0.1, 0.15) is 0 Å². The third-order valence-electron chi connectivity index (χ3n) is 7.07. The third kappa shape index (κ3) is 5.54. The summed E-state index contributed by atoms with van der Waals surface area (Å²) < 4.78 is 0. The second kappa shape index (κ2) is 12.5. The maximum Gasteiger partial charge on any atom is 0.264 e. The number of likely N-dealkylation sites (tertiary alicyclic amines) is 2. The number of benzene rings is 2. The van der Waals surface area contributed by atoms with Gasteiger partial charge in [0, 0.05) is 43.9 Å². The van der Waals surface area contributed by atoms with E-state index in [9.17, 15) is 14.7 Å². The molecular weight excluding hydrogens is 454 g/mol. The van der Waals surface area contributed by atoms with Crippen LogP contribution in [0, 0.1) is 11.3 Å². The van der Waals surface area contributed by atoms with Crippen LogP contribution in [0.3, 0.4) is 0 Å². The molecule has 2 aliphatic heterocycles. The van der Waals surface area contributed by atoms with Crippen LogP contribution < -0.4 is 11.1 Å². The molecule has 8 heteroatoms. The number of carbonyl (C=O) groups is 2. The highest BCUT2D eigenvalue weighted by atomic mass is 16.3. The molecule has 0 saturated carbocycles. The summed E-state index contributed by atoms with van der Waals surface area (Å²) in [7, 11) is 0. The van der Waals surface area contributed by atoms with Crippen LogP contribution in [-0.4, -0.2) is 65.9 Å². The Labute approximate surface area is 214 Å². The number of carbonyl (C=O) groups excluding carboxylic acids is 2. The van der Waals surface area contributed by atoms with E-state index in [0.29, 0.717) is 17.0 Å². The van der Waals surface area contributed by atoms with Gasteiger partial charge in [-0.2, -0.15) is 0 Å². The van der Waals surface area contributed by atoms with Crippen molar-refractivity contribution in [2.45, 2.75) is 45.1 Å². The van der Waals surface area contributed by atoms with Gasteiger partial charge in [0.05, 0.1) is 0 Å². The highest BCUT2D eigenvalue weighted by Gasteiger charge is 2.49. The summed E-state index contributed by atoms with van der Waals surface area (Å²) in [5.41, 5.74) is 7.16. The lowest BCUT2D eigenvalue weighted by Crippen LogP contribution is -2.45. The van der Waals surface area contributed by atoms with Crippen molar-refractivity contribution in [2.75, 3.05) is 32.7 Å². The van der Waals surface area contributed by atoms with E-state index < -0.39 is 5.60 Å². The fraction of sp³-hybridized carbons (Fsp3) is 0.464. The molecule has 0 spiro atoms. The molecule has 5 rings (SSSR count). The van der Waals surface area contributed by atoms with E-state index in [1.807, 2.05) is 67.3 Å². The zero-order chi connectivity index (χ0) is 26.1. The van der Waals surface area contributed by atoms with Crippen LogP contribution in [0.2, 0.25) is 0 Å². The molecule has 1 aliphatic carbocycles. The van der Waals surface area contributed by atoms with E-state index in [4.69, 9.17) is 11.1 Å². The fourth-order valence-electron chi connectivity index (χ4n) is 5.18. The zero-order valence-electron chi connectivity index (χ0n) is 21.4. The van der Waals surface area contributed by atoms with Crippen LogP contribution in [0.25, 0.3) is 11.1 Å². The van der Waals surface area contributed by atoms with Crippen LogP contribution in [-0.2, 0) is 15.2 Å². The molecule has 2 aromatic rings. The van der Waals surface area contributed by atoms with Crippen molar-refractivity contribution in [2.24, 2.45) is 11.7 Å². The molecule has 0 unspecified atom stereocenters. The smallest absolute Gasteiger partial charge is 0.264 e. The lowest BCUT2D eigenvalue weighted by atomic mass is 9.90. The summed E-state index contributed by atoms with van der Waals surface area (Å²) in [4.78, 5) is 26.7. The average Bonchev–Trinajstić information content (AvgIpc) is 3.56. The Morgan fingerprint density at radius 3 is 1.97 bits per heavy atom. The number of hydrogen-bond acceptors (Lipinski definition) is 4. The number of piperidine rings is 1. The Hall–Kier alpha value is -3.39. The summed E-state index contributed by atoms with van der Waals surface area (Å²) in [6.07, 6.45) is 4.77. The molecule has 2 saturated heterocycles. The minimum absolute atomic E-state index is 0.154. The van der Waals surface area contributed by atoms with Gasteiger partial charge in [-0.3, -0.25) is 15.0 Å². The van der Waals surface area contributed by atoms with Gasteiger partial charge in [0.2, 0.25) is 6.41 Å². The Morgan fingerprint density at radius 1 is 1.00 bits per heavy atom. The van der Waals surface area contributed by atoms with Crippen LogP contribution >= 0.6 is 0 Å². The maximum atomic E-state index is 13.0. The molecule has 36 heavy (non-hydrogen) atoms. The van der Waals surface area contributed by atoms with Gasteiger partial charge in [-0.25, -0.2) is 0 Å². The molecule has 2 heterocycles. The van der Waals surface area contributed by atoms with E-state index >= 15 is 0 Å². The van der Waals surface area contributed by atoms with E-state index in [1.165, 1.54) is 0 Å². The summed E-state index contributed by atoms with van der Waals surface area (Å²) in [5, 5.41) is 21.2. The molecule has 2 amide bonds. The topological polar surface area (TPSA) is 123 Å². The van der Waals surface area contributed by atoms with Crippen molar-refractivity contribution in [1.82, 2.24) is 15.1 Å². The predicted octanol–water partition coefficient (Wildman–Crippen LogP) is 2.89. The first-order chi connectivity index (χ1) is 17.5. The van der Waals surface area contributed by atoms with Crippen molar-refractivity contribution in [3.63, 3.8) is 0 Å². The number of rotatable bonds is 4. The van der Waals surface area contributed by atoms with Crippen LogP contribution in [0.4, 0.5) is 0 Å². The molecule has 5 N–H and O–H groups in total. The predicted molar refractivity (Wildman–Crippen MR) is 142 cm³/mol. The van der Waals surface area contributed by atoms with Crippen molar-refractivity contribution in [3.05, 3.63) is 59.7 Å². The molecule has 0 aromatic heterocycles. The monoisotopic (exact) mass is 493 g/mol. The average molecular weight is 494 g/mol. The first kappa shape index (κ1) is 27.2. The highest BCUT2D eigenvalue weighted by molar-refractivity contribution is 5.98. The summed E-state index contributed by atoms with van der Waals surface area (Å²) in [5.74, 6) is 0.514. The molecule has 0 atom stereocenters. The molecule has 0 radical (unpaired) electrons. The Kier molecular flexibility index (Phi) is 9.47. The molecule has 3 aliphatic rings. The normalized spacial score (nSPS) is 17.5. The fourth-order valence-corrected chi connectivity index (χ4v) is 5.18. The second-order valence-electron chi connectivity index (χ2n) is 9.14. The standard InChI is InChI=1S/C18H17NO2.C8H16N4O.C2H6/c20-17(19-11-5-6-12-19)18(21)15-9-3-1-7-13(15)14-8-2-4-10-16(14)18;9-8(10)12-3-1-7(2-4-12)5-11-6-13;1-2/h1-4,7-10,21H,5-6,11-12H2;6-7H,1-5H2,(H3,9,10)(H,11,13);1-2H3. The number of nitrogens with two attached hydrogens (primary N) is 1. The van der Waals surface area contributed by atoms with Gasteiger partial charge in [0.15, 0.2) is 11.6 Å². The number of guanidine groups is 1. The third-order valence-corrected chi connectivity index (χ3v) is 7.07. The van der Waals surface area contributed by atoms with Crippen molar-refractivity contribution in [1.29, 1.82) is 5.41 Å². The minimum atomic E-state index is -1.53. The van der Waals surface area contributed by atoms with Gasteiger partial charge in [0.25, 0.3) is 5.91 Å². The zero-order valence-corrected chi connectivity index (χ0v) is 21.4. The van der Waals surface area contributed by atoms with Gasteiger partial charge in [-0.1, -0.05) is 62.4 Å². The van der Waals surface area contributed by atoms with Crippen molar-refractivity contribution < 1.29 is 14.7 Å². The minimum Gasteiger partial charge on any atom is -0.372 e. The van der Waals surface area contributed by atoms with Gasteiger partial charge >= 0.3 is 0 Å². The largest absolute Gasteiger partial charge is 0.372 e. The number of amides is 2. The SMILES string of the molecule is CC.N=C(N)N1CCC(CNC=O)CC1.O=C(N1CCCC1)C1(O)c2ccccc2-c2ccccc21. The number of nitrogens with one attached hydrogen (secondary N) is 2. The summed E-state index contributed by atoms with van der Waals surface area (Å²) >= 11 is 0. The second-order valence-corrected chi connectivity index (χ2v) is 9.14. The number of aliphatic hydroxyl groups is 1. The number of fused-ring (bicyclic) bond motifs is 3. The van der Waals surface area contributed by atoms with Crippen LogP contribution in [0.15, 0.2) is 48.5 Å². The van der Waals surface area contributed by atoms with Crippen LogP contribution in [0.5, 0.6) is 0 Å². The molecular formula is C28H39N5O3. The van der Waals surface area contributed by atoms with E-state index in [-0.39, 0.29) is 11.9 Å². The Balaban J connectivity index is 0.000000208. The lowest BCUT2D eigenvalue weighted by Gasteiger charge is -2.31. The maximum absolute atomic E-state index is 13.0. The number of nitrogens with zero attached hydrogens (tertiary/aromatic N) is 2. The van der Waals surface area contributed by atoms with Gasteiger partial charge < -0.3 is 26.0 Å². The van der Waals surface area contributed by atoms with Crippen molar-refractivity contribution >= 4 is 18.3 Å². The van der Waals surface area contributed by atoms with Crippen molar-refractivity contribution in [3.8, 4) is 11.1 Å². The molecule has 2 fully saturated rings. The van der Waals surface area contributed by atoms with E-state index in [0.717, 1.165) is 75.9 Å². The molecule has 2 aromatic carbocycles. The van der Waals surface area contributed by atoms with E-state index in [2.05, 4.69) is 5.32 Å². The van der Waals surface area contributed by atoms with Gasteiger partial charge in [-0.15, -0.1) is 0 Å². The Bertz CT molecular complexity index is 997. The quantitative estimate of drug-likeness (QED) is 0.296. The number of hydrogen-bond donors (Lipinski definition) is 4. The highest BCUT2D eigenvalue weighted by Crippen LogP contribution is 2.48. The first-order valence-corrected chi connectivity index (χ1v) is 12.9. The molecule has 8 nitrogen and oxygen atoms in total.